The summed E-state index contributed by atoms with van der Waals surface area (Å²) in [6, 6.07) is 13.6. The smallest absolute Gasteiger partial charge is 0.214 e. The normalized spacial score (nSPS) is 11.0. The lowest BCUT2D eigenvalue weighted by atomic mass is 10.0. The molecule has 0 saturated carbocycles. The van der Waals surface area contributed by atoms with Crippen LogP contribution < -0.4 is 0 Å². The van der Waals surface area contributed by atoms with Crippen molar-refractivity contribution in [3.8, 4) is 5.69 Å². The Morgan fingerprint density at radius 2 is 1.96 bits per heavy atom. The summed E-state index contributed by atoms with van der Waals surface area (Å²) in [6.45, 7) is 4.26. The van der Waals surface area contributed by atoms with Gasteiger partial charge < -0.3 is 0 Å². The van der Waals surface area contributed by atoms with Gasteiger partial charge in [-0.15, -0.1) is 5.10 Å². The van der Waals surface area contributed by atoms with Gasteiger partial charge in [0, 0.05) is 5.56 Å². The minimum absolute atomic E-state index is 0.133. The van der Waals surface area contributed by atoms with Crippen molar-refractivity contribution in [3.05, 3.63) is 65.5 Å². The predicted octanol–water partition coefficient (Wildman–Crippen LogP) is 3.90. The third kappa shape index (κ3) is 4.11. The minimum atomic E-state index is -0.425. The van der Waals surface area contributed by atoms with Crippen LogP contribution >= 0.6 is 11.8 Å². The fraction of sp³-hybridized carbons (Fsp3) is 0.222. The molecule has 1 aromatic heterocycles. The monoisotopic (exact) mass is 356 g/mol. The maximum atomic E-state index is 13.2. The van der Waals surface area contributed by atoms with Crippen LogP contribution in [0.5, 0.6) is 0 Å². The van der Waals surface area contributed by atoms with E-state index in [0.717, 1.165) is 5.69 Å². The van der Waals surface area contributed by atoms with Crippen molar-refractivity contribution in [2.24, 2.45) is 0 Å². The Balaban J connectivity index is 1.72. The molecule has 0 spiro atoms. The number of tetrazole rings is 1. The van der Waals surface area contributed by atoms with Gasteiger partial charge in [0.05, 0.1) is 11.4 Å². The van der Waals surface area contributed by atoms with Crippen LogP contribution in [0.15, 0.2) is 53.7 Å². The second-order valence-electron chi connectivity index (χ2n) is 5.84. The van der Waals surface area contributed by atoms with Gasteiger partial charge in [-0.25, -0.2) is 4.39 Å². The molecule has 128 valence electrons. The number of carbonyl (C=O) groups excluding carboxylic acids is 1. The molecule has 0 aliphatic carbocycles. The zero-order valence-corrected chi connectivity index (χ0v) is 14.7. The first-order valence-electron chi connectivity index (χ1n) is 7.85. The topological polar surface area (TPSA) is 60.7 Å². The fourth-order valence-electron chi connectivity index (χ4n) is 2.31. The maximum Gasteiger partial charge on any atom is 0.214 e. The Morgan fingerprint density at radius 3 is 2.64 bits per heavy atom. The Morgan fingerprint density at radius 1 is 1.20 bits per heavy atom. The number of ketones is 1. The van der Waals surface area contributed by atoms with Crippen LogP contribution in [0.25, 0.3) is 5.69 Å². The highest BCUT2D eigenvalue weighted by molar-refractivity contribution is 7.99. The Kier molecular flexibility index (Phi) is 5.23. The number of nitrogens with zero attached hydrogens (tertiary/aromatic N) is 4. The molecule has 7 heteroatoms. The Bertz CT molecular complexity index is 877. The van der Waals surface area contributed by atoms with Crippen LogP contribution in [0.3, 0.4) is 0 Å². The summed E-state index contributed by atoms with van der Waals surface area (Å²) in [5.41, 5.74) is 2.40. The number of rotatable bonds is 6. The molecule has 0 amide bonds. The average Bonchev–Trinajstić information content (AvgIpc) is 3.08. The number of hydrogen-bond donors (Lipinski definition) is 0. The molecule has 0 bridgehead atoms. The maximum absolute atomic E-state index is 13.2. The van der Waals surface area contributed by atoms with Crippen molar-refractivity contribution in [2.75, 3.05) is 5.75 Å². The molecular formula is C18H17FN4OS. The molecule has 0 radical (unpaired) electrons. The molecule has 0 N–H and O–H groups in total. The second-order valence-corrected chi connectivity index (χ2v) is 6.78. The molecule has 3 rings (SSSR count). The summed E-state index contributed by atoms with van der Waals surface area (Å²) in [6.07, 6.45) is 0. The van der Waals surface area contributed by atoms with Gasteiger partial charge in [-0.2, -0.15) is 4.68 Å². The summed E-state index contributed by atoms with van der Waals surface area (Å²) in [7, 11) is 0. The first-order valence-corrected chi connectivity index (χ1v) is 8.83. The van der Waals surface area contributed by atoms with Gasteiger partial charge in [-0.3, -0.25) is 4.79 Å². The van der Waals surface area contributed by atoms with Gasteiger partial charge >= 0.3 is 0 Å². The summed E-state index contributed by atoms with van der Waals surface area (Å²) >= 11 is 1.22. The molecule has 0 saturated heterocycles. The third-order valence-electron chi connectivity index (χ3n) is 3.72. The van der Waals surface area contributed by atoms with Crippen molar-refractivity contribution in [1.82, 2.24) is 20.2 Å². The molecule has 5 nitrogen and oxygen atoms in total. The van der Waals surface area contributed by atoms with Crippen molar-refractivity contribution in [1.29, 1.82) is 0 Å². The van der Waals surface area contributed by atoms with Gasteiger partial charge in [0.15, 0.2) is 5.78 Å². The number of hydrogen-bond acceptors (Lipinski definition) is 5. The molecule has 0 unspecified atom stereocenters. The summed E-state index contributed by atoms with van der Waals surface area (Å²) < 4.78 is 14.8. The Hall–Kier alpha value is -2.54. The van der Waals surface area contributed by atoms with E-state index in [9.17, 15) is 9.18 Å². The lowest BCUT2D eigenvalue weighted by Crippen LogP contribution is -2.05. The number of benzene rings is 2. The molecule has 25 heavy (non-hydrogen) atoms. The fourth-order valence-corrected chi connectivity index (χ4v) is 3.09. The van der Waals surface area contributed by atoms with Crippen molar-refractivity contribution in [2.45, 2.75) is 24.9 Å². The van der Waals surface area contributed by atoms with Crippen molar-refractivity contribution in [3.63, 3.8) is 0 Å². The molecule has 0 fully saturated rings. The largest absolute Gasteiger partial charge is 0.293 e. The first-order chi connectivity index (χ1) is 12.0. The summed E-state index contributed by atoms with van der Waals surface area (Å²) in [5, 5.41) is 12.2. The first kappa shape index (κ1) is 17.3. The van der Waals surface area contributed by atoms with E-state index in [0.29, 0.717) is 16.6 Å². The second kappa shape index (κ2) is 7.57. The van der Waals surface area contributed by atoms with Crippen molar-refractivity contribution < 1.29 is 9.18 Å². The SMILES string of the molecule is CC(C)c1ccc(-n2nnnc2SCC(=O)c2cccc(F)c2)cc1. The van der Waals surface area contributed by atoms with E-state index < -0.39 is 5.82 Å². The highest BCUT2D eigenvalue weighted by Crippen LogP contribution is 2.21. The van der Waals surface area contributed by atoms with Crippen LogP contribution in [0.2, 0.25) is 0 Å². The summed E-state index contributed by atoms with van der Waals surface area (Å²) in [5.74, 6) is -0.0192. The van der Waals surface area contributed by atoms with E-state index in [4.69, 9.17) is 0 Å². The minimum Gasteiger partial charge on any atom is -0.293 e. The lowest BCUT2D eigenvalue weighted by Gasteiger charge is -2.08. The number of aromatic nitrogens is 4. The quantitative estimate of drug-likeness (QED) is 0.495. The standard InChI is InChI=1S/C18H17FN4OS/c1-12(2)13-6-8-16(9-7-13)23-18(20-21-22-23)25-11-17(24)14-4-3-5-15(19)10-14/h3-10,12H,11H2,1-2H3. The van der Waals surface area contributed by atoms with E-state index in [1.165, 1.54) is 35.5 Å². The number of halogens is 1. The number of thioether (sulfide) groups is 1. The van der Waals surface area contributed by atoms with E-state index in [1.807, 2.05) is 24.3 Å². The Labute approximate surface area is 149 Å². The van der Waals surface area contributed by atoms with Crippen LogP contribution in [0.1, 0.15) is 35.7 Å². The van der Waals surface area contributed by atoms with Gasteiger partial charge in [0.25, 0.3) is 0 Å². The lowest BCUT2D eigenvalue weighted by molar-refractivity contribution is 0.102. The van der Waals surface area contributed by atoms with Crippen LogP contribution in [-0.4, -0.2) is 31.7 Å². The molecular weight excluding hydrogens is 339 g/mol. The zero-order chi connectivity index (χ0) is 17.8. The average molecular weight is 356 g/mol. The highest BCUT2D eigenvalue weighted by Gasteiger charge is 2.13. The van der Waals surface area contributed by atoms with Crippen molar-refractivity contribution >= 4 is 17.5 Å². The van der Waals surface area contributed by atoms with Gasteiger partial charge in [-0.1, -0.05) is 49.9 Å². The third-order valence-corrected chi connectivity index (χ3v) is 4.64. The molecule has 2 aromatic carbocycles. The predicted molar refractivity (Wildman–Crippen MR) is 94.7 cm³/mol. The zero-order valence-electron chi connectivity index (χ0n) is 13.9. The number of carbonyl (C=O) groups is 1. The van der Waals surface area contributed by atoms with E-state index in [-0.39, 0.29) is 11.5 Å². The highest BCUT2D eigenvalue weighted by atomic mass is 32.2. The van der Waals surface area contributed by atoms with E-state index in [2.05, 4.69) is 29.4 Å². The molecule has 0 aliphatic rings. The molecule has 3 aromatic rings. The molecule has 0 aliphatic heterocycles. The van der Waals surface area contributed by atoms with E-state index >= 15 is 0 Å². The molecule has 0 atom stereocenters. The number of Topliss-reactive ketones (excluding diaryl/α,β-unsaturated/α-hetero) is 1. The van der Waals surface area contributed by atoms with Gasteiger partial charge in [0.1, 0.15) is 5.82 Å². The van der Waals surface area contributed by atoms with Crippen LogP contribution in [0, 0.1) is 5.82 Å². The summed E-state index contributed by atoms with van der Waals surface area (Å²) in [4.78, 5) is 12.2. The van der Waals surface area contributed by atoms with Crippen LogP contribution in [0.4, 0.5) is 4.39 Å². The van der Waals surface area contributed by atoms with E-state index in [1.54, 1.807) is 10.7 Å². The van der Waals surface area contributed by atoms with Crippen LogP contribution in [-0.2, 0) is 0 Å². The van der Waals surface area contributed by atoms with Gasteiger partial charge in [0.2, 0.25) is 5.16 Å². The molecule has 1 heterocycles. The van der Waals surface area contributed by atoms with Gasteiger partial charge in [-0.05, 0) is 46.2 Å².